The molecule has 3 aliphatic rings. The Kier molecular flexibility index (Phi) is 6.49. The first-order valence-corrected chi connectivity index (χ1v) is 10.9. The van der Waals surface area contributed by atoms with Crippen LogP contribution >= 0.6 is 11.6 Å². The summed E-state index contributed by atoms with van der Waals surface area (Å²) in [6.45, 7) is 6.35. The molecule has 1 unspecified atom stereocenters. The van der Waals surface area contributed by atoms with Gasteiger partial charge in [-0.15, -0.1) is 0 Å². The first-order chi connectivity index (χ1) is 14.9. The van der Waals surface area contributed by atoms with E-state index in [1.807, 2.05) is 44.3 Å². The van der Waals surface area contributed by atoms with Crippen molar-refractivity contribution in [1.82, 2.24) is 26.1 Å². The van der Waals surface area contributed by atoms with Crippen molar-refractivity contribution >= 4 is 23.3 Å². The molecule has 3 aliphatic heterocycles. The number of nitrogens with zero attached hydrogens (tertiary/aromatic N) is 3. The van der Waals surface area contributed by atoms with Crippen molar-refractivity contribution in [3.05, 3.63) is 46.6 Å². The Morgan fingerprint density at radius 1 is 1.42 bits per heavy atom. The number of urea groups is 1. The molecule has 4 rings (SSSR count). The second kappa shape index (κ2) is 9.13. The summed E-state index contributed by atoms with van der Waals surface area (Å²) in [6, 6.07) is 7.51. The standard InChI is InChI=1S/C21H30ClN7O2/c1-21(2)17-12-24-19(29(23)16-6-8-31-9-7-16)26-18(17)13-28(21)20(30)27-25-11-14-4-3-5-15(22)10-14/h3-5,10,12,16,19,24-25H,6-9,11,13,23H2,1-2H3,(H,27,30). The van der Waals surface area contributed by atoms with Gasteiger partial charge in [-0.25, -0.2) is 20.2 Å². The summed E-state index contributed by atoms with van der Waals surface area (Å²) in [5.41, 5.74) is 8.12. The van der Waals surface area contributed by atoms with Crippen LogP contribution in [0.5, 0.6) is 0 Å². The van der Waals surface area contributed by atoms with Crippen molar-refractivity contribution in [2.45, 2.75) is 51.1 Å². The van der Waals surface area contributed by atoms with Gasteiger partial charge in [0.15, 0.2) is 6.29 Å². The third-order valence-electron chi connectivity index (χ3n) is 6.12. The topological polar surface area (TPSA) is 107 Å². The molecule has 9 nitrogen and oxygen atoms in total. The van der Waals surface area contributed by atoms with Gasteiger partial charge < -0.3 is 15.0 Å². The highest BCUT2D eigenvalue weighted by molar-refractivity contribution is 6.30. The van der Waals surface area contributed by atoms with Gasteiger partial charge in [-0.05, 0) is 44.4 Å². The number of carbonyl (C=O) groups excluding carboxylic acids is 1. The number of aliphatic imine (C=N–C) groups is 1. The van der Waals surface area contributed by atoms with Crippen molar-refractivity contribution < 1.29 is 9.53 Å². The first kappa shape index (κ1) is 22.0. The van der Waals surface area contributed by atoms with Crippen molar-refractivity contribution in [3.63, 3.8) is 0 Å². The summed E-state index contributed by atoms with van der Waals surface area (Å²) < 4.78 is 5.43. The van der Waals surface area contributed by atoms with Crippen LogP contribution in [0.25, 0.3) is 0 Å². The summed E-state index contributed by atoms with van der Waals surface area (Å²) >= 11 is 6.01. The molecular weight excluding hydrogens is 418 g/mol. The van der Waals surface area contributed by atoms with Gasteiger partial charge in [0.25, 0.3) is 0 Å². The molecule has 0 aromatic heterocycles. The fourth-order valence-corrected chi connectivity index (χ4v) is 4.45. The highest BCUT2D eigenvalue weighted by Crippen LogP contribution is 2.34. The SMILES string of the molecule is CC1(C)C2=CNC(N(N)C3CCOCC3)N=C2CN1C(=O)NNCc1cccc(Cl)c1. The van der Waals surface area contributed by atoms with Crippen LogP contribution in [0.3, 0.4) is 0 Å². The van der Waals surface area contributed by atoms with Gasteiger partial charge in [0, 0.05) is 42.6 Å². The van der Waals surface area contributed by atoms with Crippen molar-refractivity contribution in [1.29, 1.82) is 0 Å². The monoisotopic (exact) mass is 447 g/mol. The number of hydrazine groups is 2. The molecular formula is C21H30ClN7O2. The van der Waals surface area contributed by atoms with E-state index in [0.717, 1.165) is 29.7 Å². The normalized spacial score (nSPS) is 23.1. The number of benzene rings is 1. The van der Waals surface area contributed by atoms with Crippen molar-refractivity contribution in [2.24, 2.45) is 10.8 Å². The molecule has 1 aromatic rings. The van der Waals surface area contributed by atoms with Gasteiger partial charge in [0.2, 0.25) is 0 Å². The minimum absolute atomic E-state index is 0.212. The predicted molar refractivity (Wildman–Crippen MR) is 120 cm³/mol. The molecule has 1 atom stereocenters. The van der Waals surface area contributed by atoms with Crippen LogP contribution < -0.4 is 22.0 Å². The number of ether oxygens (including phenoxy) is 1. The van der Waals surface area contributed by atoms with E-state index in [2.05, 4.69) is 16.2 Å². The van der Waals surface area contributed by atoms with E-state index >= 15 is 0 Å². The highest BCUT2D eigenvalue weighted by Gasteiger charge is 2.45. The van der Waals surface area contributed by atoms with E-state index in [0.29, 0.717) is 31.3 Å². The van der Waals surface area contributed by atoms with E-state index in [9.17, 15) is 4.79 Å². The predicted octanol–water partition coefficient (Wildman–Crippen LogP) is 1.71. The number of nitrogens with two attached hydrogens (primary N) is 1. The highest BCUT2D eigenvalue weighted by atomic mass is 35.5. The van der Waals surface area contributed by atoms with Gasteiger partial charge in [0.05, 0.1) is 17.8 Å². The lowest BCUT2D eigenvalue weighted by atomic mass is 9.94. The second-order valence-electron chi connectivity index (χ2n) is 8.52. The van der Waals surface area contributed by atoms with Crippen LogP contribution in [-0.2, 0) is 11.3 Å². The number of hydrogen-bond acceptors (Lipinski definition) is 7. The van der Waals surface area contributed by atoms with Crippen LogP contribution in [0.1, 0.15) is 32.3 Å². The van der Waals surface area contributed by atoms with Gasteiger partial charge in [0.1, 0.15) is 0 Å². The molecule has 2 amide bonds. The van der Waals surface area contributed by atoms with Gasteiger partial charge in [-0.1, -0.05) is 23.7 Å². The number of nitrogens with one attached hydrogen (secondary N) is 3. The summed E-state index contributed by atoms with van der Waals surface area (Å²) in [6.07, 6.45) is 3.36. The average molecular weight is 448 g/mol. The maximum Gasteiger partial charge on any atom is 0.332 e. The molecule has 5 N–H and O–H groups in total. The Hall–Kier alpha value is -2.17. The van der Waals surface area contributed by atoms with Crippen LogP contribution in [0.4, 0.5) is 4.79 Å². The Morgan fingerprint density at radius 3 is 2.94 bits per heavy atom. The number of fused-ring (bicyclic) bond motifs is 1. The molecule has 0 saturated carbocycles. The van der Waals surface area contributed by atoms with Crippen LogP contribution in [-0.4, -0.2) is 59.3 Å². The quantitative estimate of drug-likeness (QED) is 0.404. The Bertz CT molecular complexity index is 882. The van der Waals surface area contributed by atoms with Gasteiger partial charge in [-0.2, -0.15) is 0 Å². The van der Waals surface area contributed by atoms with Crippen LogP contribution in [0.2, 0.25) is 5.02 Å². The molecule has 0 aliphatic carbocycles. The third-order valence-corrected chi connectivity index (χ3v) is 6.36. The Labute approximate surface area is 187 Å². The maximum absolute atomic E-state index is 12.9. The third kappa shape index (κ3) is 4.70. The number of likely N-dealkylation sites (tertiary alicyclic amines) is 1. The maximum atomic E-state index is 12.9. The summed E-state index contributed by atoms with van der Waals surface area (Å²) in [4.78, 5) is 19.5. The summed E-state index contributed by atoms with van der Waals surface area (Å²) in [7, 11) is 0. The van der Waals surface area contributed by atoms with E-state index in [1.54, 1.807) is 9.91 Å². The number of amides is 2. The minimum Gasteiger partial charge on any atom is -0.381 e. The van der Waals surface area contributed by atoms with Gasteiger partial charge >= 0.3 is 6.03 Å². The Balaban J connectivity index is 1.38. The molecule has 31 heavy (non-hydrogen) atoms. The summed E-state index contributed by atoms with van der Waals surface area (Å²) in [5.74, 6) is 6.37. The Morgan fingerprint density at radius 2 is 2.19 bits per heavy atom. The largest absolute Gasteiger partial charge is 0.381 e. The van der Waals surface area contributed by atoms with Crippen LogP contribution in [0.15, 0.2) is 41.0 Å². The zero-order valence-electron chi connectivity index (χ0n) is 17.9. The fraction of sp³-hybridized carbons (Fsp3) is 0.524. The van der Waals surface area contributed by atoms with E-state index in [-0.39, 0.29) is 18.4 Å². The lowest BCUT2D eigenvalue weighted by Crippen LogP contribution is -2.55. The molecule has 1 aromatic carbocycles. The van der Waals surface area contributed by atoms with Crippen LogP contribution in [0, 0.1) is 0 Å². The molecule has 168 valence electrons. The molecule has 2 saturated heterocycles. The minimum atomic E-state index is -0.503. The van der Waals surface area contributed by atoms with E-state index < -0.39 is 5.54 Å². The molecule has 0 radical (unpaired) electrons. The number of carbonyl (C=O) groups is 1. The van der Waals surface area contributed by atoms with Gasteiger partial charge in [-0.3, -0.25) is 11.3 Å². The molecule has 3 heterocycles. The lowest BCUT2D eigenvalue weighted by Gasteiger charge is -2.36. The lowest BCUT2D eigenvalue weighted by molar-refractivity contribution is 0.0132. The van der Waals surface area contributed by atoms with E-state index in [4.69, 9.17) is 27.2 Å². The number of rotatable bonds is 5. The average Bonchev–Trinajstić information content (AvgIpc) is 3.04. The second-order valence-corrected chi connectivity index (χ2v) is 8.96. The molecule has 0 bridgehead atoms. The number of hydrogen-bond donors (Lipinski definition) is 4. The molecule has 10 heteroatoms. The smallest absolute Gasteiger partial charge is 0.332 e. The van der Waals surface area contributed by atoms with Crippen molar-refractivity contribution in [3.8, 4) is 0 Å². The fourth-order valence-electron chi connectivity index (χ4n) is 4.24. The number of halogens is 1. The molecule has 2 fully saturated rings. The summed E-state index contributed by atoms with van der Waals surface area (Å²) in [5, 5.41) is 5.73. The van der Waals surface area contributed by atoms with Crippen molar-refractivity contribution in [2.75, 3.05) is 19.8 Å². The first-order valence-electron chi connectivity index (χ1n) is 10.6. The zero-order chi connectivity index (χ0) is 22.0. The zero-order valence-corrected chi connectivity index (χ0v) is 18.7. The molecule has 0 spiro atoms. The van der Waals surface area contributed by atoms with E-state index in [1.165, 1.54) is 0 Å².